The minimum Gasteiger partial charge on any atom is -0.484 e. The summed E-state index contributed by atoms with van der Waals surface area (Å²) in [5.41, 5.74) is 3.41. The Morgan fingerprint density at radius 3 is 3.04 bits per heavy atom. The van der Waals surface area contributed by atoms with Crippen molar-refractivity contribution >= 4 is 26.8 Å². The lowest BCUT2D eigenvalue weighted by molar-refractivity contribution is 0.203. The third kappa shape index (κ3) is 2.39. The second-order valence-electron chi connectivity index (χ2n) is 5.57. The van der Waals surface area contributed by atoms with E-state index in [9.17, 15) is 0 Å². The van der Waals surface area contributed by atoms with Crippen molar-refractivity contribution in [3.63, 3.8) is 0 Å². The summed E-state index contributed by atoms with van der Waals surface area (Å²) < 4.78 is 11.9. The van der Waals surface area contributed by atoms with Crippen LogP contribution in [0.4, 0.5) is 0 Å². The van der Waals surface area contributed by atoms with Crippen LogP contribution in [0.5, 0.6) is 11.6 Å². The van der Waals surface area contributed by atoms with Crippen molar-refractivity contribution in [2.24, 2.45) is 0 Å². The van der Waals surface area contributed by atoms with Crippen LogP contribution < -0.4 is 9.47 Å². The number of fused-ring (bicyclic) bond motifs is 2. The first-order valence-electron chi connectivity index (χ1n) is 7.48. The molecular weight excluding hydrogens is 372 g/mol. The summed E-state index contributed by atoms with van der Waals surface area (Å²) in [5, 5.41) is 17.0. The molecule has 0 saturated heterocycles. The van der Waals surface area contributed by atoms with E-state index in [4.69, 9.17) is 14.7 Å². The molecule has 1 N–H and O–H groups in total. The quantitative estimate of drug-likeness (QED) is 0.696. The molecule has 120 valence electrons. The summed E-state index contributed by atoms with van der Waals surface area (Å²) in [6.45, 7) is 0. The van der Waals surface area contributed by atoms with Crippen molar-refractivity contribution in [2.45, 2.75) is 18.9 Å². The predicted octanol–water partition coefficient (Wildman–Crippen LogP) is 3.67. The van der Waals surface area contributed by atoms with Crippen LogP contribution in [0.2, 0.25) is 0 Å². The van der Waals surface area contributed by atoms with Gasteiger partial charge in [0.05, 0.1) is 29.3 Å². The van der Waals surface area contributed by atoms with Gasteiger partial charge in [0, 0.05) is 0 Å². The van der Waals surface area contributed by atoms with Crippen LogP contribution in [0.3, 0.4) is 0 Å². The fourth-order valence-corrected chi connectivity index (χ4v) is 3.40. The number of nitrogens with one attached hydrogen (secondary N) is 1. The van der Waals surface area contributed by atoms with Gasteiger partial charge in [-0.15, -0.1) is 5.10 Å². The molecule has 4 rings (SSSR count). The zero-order valence-electron chi connectivity index (χ0n) is 12.8. The Morgan fingerprint density at radius 2 is 2.25 bits per heavy atom. The lowest BCUT2D eigenvalue weighted by Crippen LogP contribution is -2.06. The van der Waals surface area contributed by atoms with Gasteiger partial charge in [-0.1, -0.05) is 0 Å². The number of H-pyrrole nitrogens is 1. The van der Waals surface area contributed by atoms with E-state index in [0.29, 0.717) is 16.0 Å². The molecule has 1 aliphatic rings. The van der Waals surface area contributed by atoms with Crippen LogP contribution >= 0.6 is 15.9 Å². The van der Waals surface area contributed by atoms with E-state index in [-0.39, 0.29) is 6.10 Å². The Labute approximate surface area is 146 Å². The molecule has 1 aliphatic carbocycles. The average molecular weight is 385 g/mol. The molecule has 0 spiro atoms. The molecule has 1 aromatic carbocycles. The molecule has 2 heterocycles. The minimum atomic E-state index is -0.126. The average Bonchev–Trinajstić information content (AvgIpc) is 3.18. The largest absolute Gasteiger partial charge is 0.484 e. The van der Waals surface area contributed by atoms with E-state index in [0.717, 1.165) is 40.8 Å². The number of aromatic amines is 1. The van der Waals surface area contributed by atoms with E-state index < -0.39 is 0 Å². The van der Waals surface area contributed by atoms with Gasteiger partial charge in [0.2, 0.25) is 5.88 Å². The molecule has 3 aromatic rings. The maximum atomic E-state index is 9.11. The number of rotatable bonds is 3. The van der Waals surface area contributed by atoms with Crippen LogP contribution in [0.25, 0.3) is 10.9 Å². The Kier molecular flexibility index (Phi) is 3.62. The molecule has 0 radical (unpaired) electrons. The van der Waals surface area contributed by atoms with Crippen LogP contribution in [0.15, 0.2) is 28.9 Å². The molecular formula is C17H13BrN4O2. The molecule has 24 heavy (non-hydrogen) atoms. The van der Waals surface area contributed by atoms with Crippen LogP contribution in [0.1, 0.15) is 29.3 Å². The summed E-state index contributed by atoms with van der Waals surface area (Å²) in [6.07, 6.45) is 1.57. The third-order valence-electron chi connectivity index (χ3n) is 4.16. The summed E-state index contributed by atoms with van der Waals surface area (Å²) in [4.78, 5) is 4.51. The second kappa shape index (κ2) is 5.80. The van der Waals surface area contributed by atoms with Gasteiger partial charge in [-0.05, 0) is 58.6 Å². The van der Waals surface area contributed by atoms with E-state index in [1.807, 2.05) is 24.3 Å². The molecule has 2 aromatic heterocycles. The SMILES string of the molecule is COc1n[nH]c2ccc(OC3CCc4cc(C#N)c(Br)nc43)cc12. The Balaban J connectivity index is 1.66. The van der Waals surface area contributed by atoms with Crippen molar-refractivity contribution in [3.05, 3.63) is 45.7 Å². The van der Waals surface area contributed by atoms with Crippen molar-refractivity contribution in [2.75, 3.05) is 7.11 Å². The fourth-order valence-electron chi connectivity index (χ4n) is 3.00. The van der Waals surface area contributed by atoms with Crippen LogP contribution in [0, 0.1) is 11.3 Å². The van der Waals surface area contributed by atoms with Gasteiger partial charge in [0.1, 0.15) is 22.5 Å². The Bertz CT molecular complexity index is 977. The zero-order chi connectivity index (χ0) is 16.7. The maximum Gasteiger partial charge on any atom is 0.240 e. The number of methoxy groups -OCH3 is 1. The van der Waals surface area contributed by atoms with Crippen molar-refractivity contribution < 1.29 is 9.47 Å². The van der Waals surface area contributed by atoms with E-state index in [1.54, 1.807) is 7.11 Å². The number of nitriles is 1. The topological polar surface area (TPSA) is 83.8 Å². The predicted molar refractivity (Wildman–Crippen MR) is 91.0 cm³/mol. The number of pyridine rings is 1. The van der Waals surface area contributed by atoms with Crippen LogP contribution in [-0.2, 0) is 6.42 Å². The van der Waals surface area contributed by atoms with E-state index >= 15 is 0 Å². The van der Waals surface area contributed by atoms with Crippen molar-refractivity contribution in [3.8, 4) is 17.7 Å². The van der Waals surface area contributed by atoms with Gasteiger partial charge in [-0.3, -0.25) is 5.10 Å². The first kappa shape index (κ1) is 15.0. The minimum absolute atomic E-state index is 0.126. The number of hydrogen-bond acceptors (Lipinski definition) is 5. The number of halogens is 1. The lowest BCUT2D eigenvalue weighted by atomic mass is 10.2. The molecule has 7 heteroatoms. The standard InChI is InChI=1S/C17H13BrN4O2/c1-23-17-12-7-11(3-4-13(12)21-22-17)24-14-5-2-9-6-10(8-19)16(18)20-15(9)14/h3-4,6-7,14H,2,5H2,1H3,(H,21,22). The molecule has 0 aliphatic heterocycles. The first-order valence-corrected chi connectivity index (χ1v) is 8.27. The highest BCUT2D eigenvalue weighted by Crippen LogP contribution is 2.37. The number of benzene rings is 1. The monoisotopic (exact) mass is 384 g/mol. The molecule has 0 amide bonds. The van der Waals surface area contributed by atoms with E-state index in [2.05, 4.69) is 37.2 Å². The summed E-state index contributed by atoms with van der Waals surface area (Å²) in [5.74, 6) is 1.28. The highest BCUT2D eigenvalue weighted by Gasteiger charge is 2.27. The van der Waals surface area contributed by atoms with Gasteiger partial charge < -0.3 is 9.47 Å². The number of aromatic nitrogens is 3. The molecule has 0 fully saturated rings. The highest BCUT2D eigenvalue weighted by molar-refractivity contribution is 9.10. The second-order valence-corrected chi connectivity index (χ2v) is 6.32. The fraction of sp³-hybridized carbons (Fsp3) is 0.235. The molecule has 1 atom stereocenters. The van der Waals surface area contributed by atoms with Gasteiger partial charge in [-0.25, -0.2) is 4.98 Å². The zero-order valence-corrected chi connectivity index (χ0v) is 14.4. The number of hydrogen-bond donors (Lipinski definition) is 1. The van der Waals surface area contributed by atoms with E-state index in [1.165, 1.54) is 0 Å². The van der Waals surface area contributed by atoms with Crippen molar-refractivity contribution in [1.29, 1.82) is 5.26 Å². The summed E-state index contributed by atoms with van der Waals surface area (Å²) in [6, 6.07) is 9.76. The highest BCUT2D eigenvalue weighted by atomic mass is 79.9. The smallest absolute Gasteiger partial charge is 0.240 e. The third-order valence-corrected chi connectivity index (χ3v) is 4.77. The van der Waals surface area contributed by atoms with Crippen LogP contribution in [-0.4, -0.2) is 22.3 Å². The molecule has 0 bridgehead atoms. The molecule has 6 nitrogen and oxygen atoms in total. The van der Waals surface area contributed by atoms with Gasteiger partial charge in [0.15, 0.2) is 0 Å². The number of nitrogens with zero attached hydrogens (tertiary/aromatic N) is 3. The maximum absolute atomic E-state index is 9.11. The molecule has 1 unspecified atom stereocenters. The van der Waals surface area contributed by atoms with Gasteiger partial charge >= 0.3 is 0 Å². The van der Waals surface area contributed by atoms with Gasteiger partial charge in [0.25, 0.3) is 0 Å². The number of aryl methyl sites for hydroxylation is 1. The lowest BCUT2D eigenvalue weighted by Gasteiger charge is -2.14. The summed E-state index contributed by atoms with van der Waals surface area (Å²) >= 11 is 3.35. The Morgan fingerprint density at radius 1 is 1.38 bits per heavy atom. The number of ether oxygens (including phenoxy) is 2. The van der Waals surface area contributed by atoms with Gasteiger partial charge in [-0.2, -0.15) is 5.26 Å². The molecule has 0 saturated carbocycles. The normalized spacial score (nSPS) is 16.0. The Hall–Kier alpha value is -2.59. The first-order chi connectivity index (χ1) is 11.7. The van der Waals surface area contributed by atoms with Crippen molar-refractivity contribution in [1.82, 2.24) is 15.2 Å². The summed E-state index contributed by atoms with van der Waals surface area (Å²) in [7, 11) is 1.59.